The summed E-state index contributed by atoms with van der Waals surface area (Å²) in [6.45, 7) is 3.78. The van der Waals surface area contributed by atoms with Crippen molar-refractivity contribution in [1.82, 2.24) is 10.5 Å². The molecule has 0 bridgehead atoms. The summed E-state index contributed by atoms with van der Waals surface area (Å²) in [6, 6.07) is 19.3. The van der Waals surface area contributed by atoms with Gasteiger partial charge in [0.05, 0.1) is 17.5 Å². The zero-order chi connectivity index (χ0) is 20.6. The number of hydrogen-bond donors (Lipinski definition) is 2. The number of nitrogens with zero attached hydrogens (tertiary/aromatic N) is 1. The highest BCUT2D eigenvalue weighted by Gasteiger charge is 2.17. The minimum atomic E-state index is -0.239. The third-order valence-corrected chi connectivity index (χ3v) is 5.14. The first-order chi connectivity index (χ1) is 14.0. The molecule has 0 aliphatic carbocycles. The van der Waals surface area contributed by atoms with Gasteiger partial charge in [-0.15, -0.1) is 11.8 Å². The Morgan fingerprint density at radius 1 is 0.966 bits per heavy atom. The van der Waals surface area contributed by atoms with Crippen molar-refractivity contribution in [3.63, 3.8) is 0 Å². The van der Waals surface area contributed by atoms with Crippen LogP contribution in [0, 0.1) is 13.8 Å². The maximum atomic E-state index is 12.5. The number of anilines is 1. The van der Waals surface area contributed by atoms with Gasteiger partial charge >= 0.3 is 0 Å². The van der Waals surface area contributed by atoms with Gasteiger partial charge < -0.3 is 15.2 Å². The third-order valence-electron chi connectivity index (χ3n) is 4.21. The lowest BCUT2D eigenvalue weighted by molar-refractivity contribution is -0.119. The number of carbonyl (C=O) groups excluding carboxylic acids is 2. The fourth-order valence-electron chi connectivity index (χ4n) is 2.81. The van der Waals surface area contributed by atoms with E-state index in [9.17, 15) is 9.59 Å². The van der Waals surface area contributed by atoms with Gasteiger partial charge in [-0.05, 0) is 25.0 Å². The average Bonchev–Trinajstić information content (AvgIpc) is 3.12. The monoisotopic (exact) mass is 409 g/mol. The predicted octanol–water partition coefficient (Wildman–Crippen LogP) is 3.87. The van der Waals surface area contributed by atoms with Crippen LogP contribution in [0.15, 0.2) is 65.2 Å². The normalized spacial score (nSPS) is 11.7. The molecule has 0 aliphatic heterocycles. The molecule has 0 aliphatic rings. The molecule has 6 nitrogen and oxygen atoms in total. The summed E-state index contributed by atoms with van der Waals surface area (Å²) >= 11 is 1.25. The van der Waals surface area contributed by atoms with Gasteiger partial charge in [-0.25, -0.2) is 0 Å². The Kier molecular flexibility index (Phi) is 7.08. The predicted molar refractivity (Wildman–Crippen MR) is 115 cm³/mol. The van der Waals surface area contributed by atoms with Gasteiger partial charge in [0.25, 0.3) is 0 Å². The number of rotatable bonds is 8. The average molecular weight is 410 g/mol. The molecule has 1 heterocycles. The van der Waals surface area contributed by atoms with Gasteiger partial charge in [0, 0.05) is 6.07 Å². The molecular weight excluding hydrogens is 386 g/mol. The lowest BCUT2D eigenvalue weighted by Crippen LogP contribution is -2.31. The molecular formula is C22H23N3O3S. The number of amides is 2. The summed E-state index contributed by atoms with van der Waals surface area (Å²) in [4.78, 5) is 24.5. The van der Waals surface area contributed by atoms with Crippen molar-refractivity contribution >= 4 is 29.4 Å². The minimum absolute atomic E-state index is 0.130. The van der Waals surface area contributed by atoms with Crippen LogP contribution in [0.4, 0.5) is 5.82 Å². The van der Waals surface area contributed by atoms with E-state index >= 15 is 0 Å². The first-order valence-electron chi connectivity index (χ1n) is 9.23. The molecule has 1 aromatic heterocycles. The van der Waals surface area contributed by atoms with Crippen molar-refractivity contribution in [2.75, 3.05) is 16.8 Å². The molecule has 0 saturated carbocycles. The highest BCUT2D eigenvalue weighted by Crippen LogP contribution is 2.22. The van der Waals surface area contributed by atoms with E-state index in [1.807, 2.05) is 61.5 Å². The quantitative estimate of drug-likeness (QED) is 0.590. The maximum Gasteiger partial charge on any atom is 0.235 e. The molecule has 7 heteroatoms. The van der Waals surface area contributed by atoms with E-state index in [2.05, 4.69) is 15.8 Å². The van der Waals surface area contributed by atoms with Gasteiger partial charge in [-0.1, -0.05) is 65.3 Å². The summed E-state index contributed by atoms with van der Waals surface area (Å²) in [5.74, 6) is 0.973. The Hall–Kier alpha value is -3.06. The molecule has 29 heavy (non-hydrogen) atoms. The van der Waals surface area contributed by atoms with Crippen LogP contribution in [0.25, 0.3) is 0 Å². The second-order valence-electron chi connectivity index (χ2n) is 6.69. The Bertz CT molecular complexity index is 955. The number of carbonyl (C=O) groups is 2. The second-order valence-corrected chi connectivity index (χ2v) is 7.67. The first kappa shape index (κ1) is 20.7. The van der Waals surface area contributed by atoms with Crippen molar-refractivity contribution in [1.29, 1.82) is 0 Å². The zero-order valence-electron chi connectivity index (χ0n) is 16.3. The van der Waals surface area contributed by atoms with Crippen LogP contribution in [0.5, 0.6) is 0 Å². The lowest BCUT2D eigenvalue weighted by atomic mass is 9.98. The molecule has 0 radical (unpaired) electrons. The van der Waals surface area contributed by atoms with Crippen LogP contribution in [0.3, 0.4) is 0 Å². The molecule has 2 aromatic carbocycles. The molecule has 0 saturated heterocycles. The molecule has 0 spiro atoms. The molecule has 0 fully saturated rings. The molecule has 3 rings (SSSR count). The van der Waals surface area contributed by atoms with E-state index in [1.165, 1.54) is 11.8 Å². The SMILES string of the molecule is Cc1ccc(C(NC(=O)CSCC(=O)Nc2cc(C)on2)c2ccccc2)cc1. The number of nitrogens with one attached hydrogen (secondary N) is 2. The number of aromatic nitrogens is 1. The van der Waals surface area contributed by atoms with Crippen LogP contribution < -0.4 is 10.6 Å². The van der Waals surface area contributed by atoms with E-state index < -0.39 is 0 Å². The van der Waals surface area contributed by atoms with Crippen LogP contribution in [0.1, 0.15) is 28.5 Å². The molecule has 3 aromatic rings. The third kappa shape index (κ3) is 6.22. The van der Waals surface area contributed by atoms with E-state index in [-0.39, 0.29) is 29.4 Å². The van der Waals surface area contributed by atoms with Crippen molar-refractivity contribution in [3.8, 4) is 0 Å². The van der Waals surface area contributed by atoms with Crippen molar-refractivity contribution in [3.05, 3.63) is 83.1 Å². The van der Waals surface area contributed by atoms with Crippen molar-refractivity contribution < 1.29 is 14.1 Å². The maximum absolute atomic E-state index is 12.5. The fourth-order valence-corrected chi connectivity index (χ4v) is 3.44. The first-order valence-corrected chi connectivity index (χ1v) is 10.4. The van der Waals surface area contributed by atoms with E-state index in [0.717, 1.165) is 16.7 Å². The smallest absolute Gasteiger partial charge is 0.235 e. The van der Waals surface area contributed by atoms with Gasteiger partial charge in [0.2, 0.25) is 11.8 Å². The molecule has 2 N–H and O–H groups in total. The Labute approximate surface area is 174 Å². The van der Waals surface area contributed by atoms with E-state index in [4.69, 9.17) is 4.52 Å². The summed E-state index contributed by atoms with van der Waals surface area (Å²) in [5.41, 5.74) is 3.18. The minimum Gasteiger partial charge on any atom is -0.360 e. The Morgan fingerprint density at radius 2 is 1.62 bits per heavy atom. The lowest BCUT2D eigenvalue weighted by Gasteiger charge is -2.20. The van der Waals surface area contributed by atoms with Gasteiger partial charge in [0.15, 0.2) is 5.82 Å². The van der Waals surface area contributed by atoms with Crippen LogP contribution in [0.2, 0.25) is 0 Å². The molecule has 1 unspecified atom stereocenters. The summed E-state index contributed by atoms with van der Waals surface area (Å²) in [7, 11) is 0. The van der Waals surface area contributed by atoms with Gasteiger partial charge in [-0.3, -0.25) is 9.59 Å². The van der Waals surface area contributed by atoms with Crippen molar-refractivity contribution in [2.24, 2.45) is 0 Å². The molecule has 2 amide bonds. The van der Waals surface area contributed by atoms with Crippen LogP contribution in [-0.4, -0.2) is 28.5 Å². The largest absolute Gasteiger partial charge is 0.360 e. The second kappa shape index (κ2) is 9.93. The summed E-state index contributed by atoms with van der Waals surface area (Å²) in [5, 5.41) is 9.43. The Balaban J connectivity index is 1.55. The molecule has 1 atom stereocenters. The summed E-state index contributed by atoms with van der Waals surface area (Å²) < 4.78 is 4.91. The number of benzene rings is 2. The van der Waals surface area contributed by atoms with E-state index in [1.54, 1.807) is 13.0 Å². The fraction of sp³-hybridized carbons (Fsp3) is 0.227. The number of aryl methyl sites for hydroxylation is 2. The highest BCUT2D eigenvalue weighted by molar-refractivity contribution is 8.00. The standard InChI is InChI=1S/C22H23N3O3S/c1-15-8-10-18(11-9-15)22(17-6-4-3-5-7-17)24-21(27)14-29-13-20(26)23-19-12-16(2)28-25-19/h3-12,22H,13-14H2,1-2H3,(H,24,27)(H,23,25,26). The Morgan fingerprint density at radius 3 is 2.28 bits per heavy atom. The highest BCUT2D eigenvalue weighted by atomic mass is 32.2. The van der Waals surface area contributed by atoms with Crippen molar-refractivity contribution in [2.45, 2.75) is 19.9 Å². The van der Waals surface area contributed by atoms with E-state index in [0.29, 0.717) is 11.6 Å². The van der Waals surface area contributed by atoms with Gasteiger partial charge in [0.1, 0.15) is 5.76 Å². The van der Waals surface area contributed by atoms with Crippen LogP contribution >= 0.6 is 11.8 Å². The number of thioether (sulfide) groups is 1. The number of hydrogen-bond acceptors (Lipinski definition) is 5. The van der Waals surface area contributed by atoms with Gasteiger partial charge in [-0.2, -0.15) is 0 Å². The topological polar surface area (TPSA) is 84.2 Å². The van der Waals surface area contributed by atoms with Crippen LogP contribution in [-0.2, 0) is 9.59 Å². The molecule has 150 valence electrons. The summed E-state index contributed by atoms with van der Waals surface area (Å²) in [6.07, 6.45) is 0. The zero-order valence-corrected chi connectivity index (χ0v) is 17.2.